The third kappa shape index (κ3) is 1.98. The van der Waals surface area contributed by atoms with E-state index in [0.29, 0.717) is 0 Å². The number of rotatable bonds is 2. The summed E-state index contributed by atoms with van der Waals surface area (Å²) in [6.45, 7) is 9.97. The van der Waals surface area contributed by atoms with Gasteiger partial charge in [-0.15, -0.1) is 0 Å². The summed E-state index contributed by atoms with van der Waals surface area (Å²) in [7, 11) is 0. The zero-order chi connectivity index (χ0) is 10.1. The summed E-state index contributed by atoms with van der Waals surface area (Å²) < 4.78 is 0. The van der Waals surface area contributed by atoms with Crippen LogP contribution in [0.3, 0.4) is 0 Å². The van der Waals surface area contributed by atoms with Crippen LogP contribution in [0, 0.1) is 17.8 Å². The minimum atomic E-state index is 0.883. The maximum absolute atomic E-state index is 2.76. The van der Waals surface area contributed by atoms with E-state index >= 15 is 0 Å². The van der Waals surface area contributed by atoms with E-state index < -0.39 is 0 Å². The molecule has 0 spiro atoms. The van der Waals surface area contributed by atoms with Gasteiger partial charge in [-0.05, 0) is 43.6 Å². The lowest BCUT2D eigenvalue weighted by Crippen LogP contribution is -2.48. The summed E-state index contributed by atoms with van der Waals surface area (Å²) in [5.41, 5.74) is 0. The van der Waals surface area contributed by atoms with Crippen molar-refractivity contribution >= 4 is 0 Å². The minimum absolute atomic E-state index is 0.883. The lowest BCUT2D eigenvalue weighted by Gasteiger charge is -2.45. The standard InChI is InChI=1S/C13H25N/c1-10(2)13-7-8-14(9-11(13)3)12-5-4-6-12/h10-13H,4-9H2,1-3H3/t11-,13?/m0/s1. The number of piperidine rings is 1. The van der Waals surface area contributed by atoms with Gasteiger partial charge in [-0.25, -0.2) is 0 Å². The van der Waals surface area contributed by atoms with Gasteiger partial charge in [0, 0.05) is 12.6 Å². The fourth-order valence-electron chi connectivity index (χ4n) is 3.27. The van der Waals surface area contributed by atoms with Gasteiger partial charge in [0.25, 0.3) is 0 Å². The Labute approximate surface area is 88.9 Å². The van der Waals surface area contributed by atoms with E-state index in [0.717, 1.165) is 23.8 Å². The SMILES string of the molecule is CC(C)C1CCN(C2CCC2)C[C@@H]1C. The highest BCUT2D eigenvalue weighted by Gasteiger charge is 2.33. The van der Waals surface area contributed by atoms with E-state index in [1.54, 1.807) is 0 Å². The molecule has 0 amide bonds. The molecular weight excluding hydrogens is 170 g/mol. The first kappa shape index (κ1) is 10.5. The van der Waals surface area contributed by atoms with E-state index in [9.17, 15) is 0 Å². The first-order valence-electron chi connectivity index (χ1n) is 6.42. The van der Waals surface area contributed by atoms with Gasteiger partial charge >= 0.3 is 0 Å². The van der Waals surface area contributed by atoms with E-state index in [1.807, 2.05) is 0 Å². The maximum Gasteiger partial charge on any atom is 0.00953 e. The second kappa shape index (κ2) is 4.22. The lowest BCUT2D eigenvalue weighted by atomic mass is 9.77. The molecule has 1 unspecified atom stereocenters. The van der Waals surface area contributed by atoms with Gasteiger partial charge in [-0.1, -0.05) is 27.2 Å². The molecular formula is C13H25N. The fourth-order valence-corrected chi connectivity index (χ4v) is 3.27. The van der Waals surface area contributed by atoms with Crippen molar-refractivity contribution in [2.75, 3.05) is 13.1 Å². The van der Waals surface area contributed by atoms with Crippen LogP contribution < -0.4 is 0 Å². The van der Waals surface area contributed by atoms with Crippen LogP contribution in [0.5, 0.6) is 0 Å². The van der Waals surface area contributed by atoms with Crippen molar-refractivity contribution in [3.63, 3.8) is 0 Å². The van der Waals surface area contributed by atoms with Crippen molar-refractivity contribution in [3.8, 4) is 0 Å². The quantitative estimate of drug-likeness (QED) is 0.654. The number of nitrogens with zero attached hydrogens (tertiary/aromatic N) is 1. The molecule has 2 atom stereocenters. The normalized spacial score (nSPS) is 36.0. The van der Waals surface area contributed by atoms with Crippen molar-refractivity contribution in [1.82, 2.24) is 4.90 Å². The minimum Gasteiger partial charge on any atom is -0.300 e. The first-order valence-corrected chi connectivity index (χ1v) is 6.42. The second-order valence-corrected chi connectivity index (χ2v) is 5.75. The summed E-state index contributed by atoms with van der Waals surface area (Å²) in [4.78, 5) is 2.76. The van der Waals surface area contributed by atoms with Gasteiger partial charge in [0.15, 0.2) is 0 Å². The predicted octanol–water partition coefficient (Wildman–Crippen LogP) is 3.15. The van der Waals surface area contributed by atoms with Crippen LogP contribution in [0.25, 0.3) is 0 Å². The summed E-state index contributed by atoms with van der Waals surface area (Å²) in [6, 6.07) is 0.963. The third-order valence-corrected chi connectivity index (χ3v) is 4.45. The molecule has 0 aromatic heterocycles. The Hall–Kier alpha value is -0.0400. The fraction of sp³-hybridized carbons (Fsp3) is 1.00. The lowest BCUT2D eigenvalue weighted by molar-refractivity contribution is 0.0392. The Bertz CT molecular complexity index is 184. The van der Waals surface area contributed by atoms with Gasteiger partial charge in [-0.3, -0.25) is 0 Å². The molecule has 82 valence electrons. The Kier molecular flexibility index (Phi) is 3.16. The molecule has 0 aromatic rings. The summed E-state index contributed by atoms with van der Waals surface area (Å²) in [5.74, 6) is 2.78. The molecule has 0 N–H and O–H groups in total. The zero-order valence-electron chi connectivity index (χ0n) is 10.00. The molecule has 2 rings (SSSR count). The van der Waals surface area contributed by atoms with Gasteiger partial charge in [-0.2, -0.15) is 0 Å². The van der Waals surface area contributed by atoms with Crippen LogP contribution >= 0.6 is 0 Å². The third-order valence-electron chi connectivity index (χ3n) is 4.45. The number of hydrogen-bond acceptors (Lipinski definition) is 1. The van der Waals surface area contributed by atoms with Crippen LogP contribution in [-0.4, -0.2) is 24.0 Å². The molecule has 2 fully saturated rings. The molecule has 0 aromatic carbocycles. The molecule has 2 aliphatic rings. The molecule has 1 heterocycles. The van der Waals surface area contributed by atoms with Crippen LogP contribution in [0.4, 0.5) is 0 Å². The van der Waals surface area contributed by atoms with Gasteiger partial charge < -0.3 is 4.90 Å². The molecule has 1 saturated carbocycles. The van der Waals surface area contributed by atoms with E-state index in [-0.39, 0.29) is 0 Å². The van der Waals surface area contributed by atoms with Gasteiger partial charge in [0.05, 0.1) is 0 Å². The van der Waals surface area contributed by atoms with Crippen molar-refractivity contribution < 1.29 is 0 Å². The monoisotopic (exact) mass is 195 g/mol. The van der Waals surface area contributed by atoms with Crippen LogP contribution in [-0.2, 0) is 0 Å². The Morgan fingerprint density at radius 3 is 2.29 bits per heavy atom. The van der Waals surface area contributed by atoms with Crippen LogP contribution in [0.1, 0.15) is 46.5 Å². The zero-order valence-corrected chi connectivity index (χ0v) is 10.00. The number of likely N-dealkylation sites (tertiary alicyclic amines) is 1. The average Bonchev–Trinajstić information content (AvgIpc) is 2.00. The van der Waals surface area contributed by atoms with Crippen molar-refractivity contribution in [3.05, 3.63) is 0 Å². The van der Waals surface area contributed by atoms with Gasteiger partial charge in [0.2, 0.25) is 0 Å². The molecule has 0 bridgehead atoms. The molecule has 14 heavy (non-hydrogen) atoms. The highest BCUT2D eigenvalue weighted by atomic mass is 15.2. The highest BCUT2D eigenvalue weighted by molar-refractivity contribution is 4.86. The van der Waals surface area contributed by atoms with E-state index in [4.69, 9.17) is 0 Å². The summed E-state index contributed by atoms with van der Waals surface area (Å²) in [5, 5.41) is 0. The molecule has 1 nitrogen and oxygen atoms in total. The molecule has 1 aliphatic carbocycles. The van der Waals surface area contributed by atoms with Gasteiger partial charge in [0.1, 0.15) is 0 Å². The van der Waals surface area contributed by atoms with Crippen molar-refractivity contribution in [1.29, 1.82) is 0 Å². The van der Waals surface area contributed by atoms with Crippen molar-refractivity contribution in [2.24, 2.45) is 17.8 Å². The number of hydrogen-bond donors (Lipinski definition) is 0. The topological polar surface area (TPSA) is 3.24 Å². The molecule has 1 aliphatic heterocycles. The molecule has 0 radical (unpaired) electrons. The smallest absolute Gasteiger partial charge is 0.00953 e. The van der Waals surface area contributed by atoms with E-state index in [2.05, 4.69) is 25.7 Å². The first-order chi connectivity index (χ1) is 6.68. The largest absolute Gasteiger partial charge is 0.300 e. The summed E-state index contributed by atoms with van der Waals surface area (Å²) in [6.07, 6.45) is 5.86. The van der Waals surface area contributed by atoms with Crippen molar-refractivity contribution in [2.45, 2.75) is 52.5 Å². The average molecular weight is 195 g/mol. The highest BCUT2D eigenvalue weighted by Crippen LogP contribution is 2.34. The summed E-state index contributed by atoms with van der Waals surface area (Å²) >= 11 is 0. The Morgan fingerprint density at radius 2 is 1.86 bits per heavy atom. The Morgan fingerprint density at radius 1 is 1.14 bits per heavy atom. The van der Waals surface area contributed by atoms with Crippen LogP contribution in [0.15, 0.2) is 0 Å². The molecule has 1 heteroatoms. The molecule has 1 saturated heterocycles. The van der Waals surface area contributed by atoms with Crippen LogP contribution in [0.2, 0.25) is 0 Å². The second-order valence-electron chi connectivity index (χ2n) is 5.75. The maximum atomic E-state index is 2.76. The predicted molar refractivity (Wildman–Crippen MR) is 61.3 cm³/mol. The Balaban J connectivity index is 1.85. The van der Waals surface area contributed by atoms with E-state index in [1.165, 1.54) is 38.8 Å².